The molecule has 1 aromatic carbocycles. The second kappa shape index (κ2) is 5.30. The Morgan fingerprint density at radius 1 is 1.37 bits per heavy atom. The Bertz CT molecular complexity index is 501. The van der Waals surface area contributed by atoms with Gasteiger partial charge in [0, 0.05) is 31.8 Å². The number of amides is 2. The van der Waals surface area contributed by atoms with Crippen molar-refractivity contribution in [1.29, 1.82) is 0 Å². The van der Waals surface area contributed by atoms with Gasteiger partial charge in [0.2, 0.25) is 11.8 Å². The first kappa shape index (κ1) is 13.4. The zero-order valence-corrected chi connectivity index (χ0v) is 11.4. The van der Waals surface area contributed by atoms with Crippen LogP contribution in [0.3, 0.4) is 0 Å². The molecule has 0 radical (unpaired) electrons. The first-order valence-corrected chi connectivity index (χ1v) is 6.27. The van der Waals surface area contributed by atoms with Crippen LogP contribution in [0, 0.1) is 0 Å². The fourth-order valence-corrected chi connectivity index (χ4v) is 2.34. The summed E-state index contributed by atoms with van der Waals surface area (Å²) in [6, 6.07) is 6.97. The van der Waals surface area contributed by atoms with Crippen LogP contribution in [-0.2, 0) is 9.59 Å². The minimum absolute atomic E-state index is 0.0605. The quantitative estimate of drug-likeness (QED) is 0.806. The molecular formula is C14H18N2O3. The number of benzene rings is 1. The first-order chi connectivity index (χ1) is 9.04. The molecule has 0 saturated carbocycles. The number of carbonyl (C=O) groups excluding carboxylic acids is 2. The fourth-order valence-electron chi connectivity index (χ4n) is 2.34. The molecule has 1 heterocycles. The van der Waals surface area contributed by atoms with E-state index in [2.05, 4.69) is 0 Å². The summed E-state index contributed by atoms with van der Waals surface area (Å²) in [6.45, 7) is 4.32. The third kappa shape index (κ3) is 2.54. The summed E-state index contributed by atoms with van der Waals surface area (Å²) in [5.74, 6) is 0.591. The van der Waals surface area contributed by atoms with Crippen molar-refractivity contribution in [2.45, 2.75) is 19.9 Å². The molecule has 5 nitrogen and oxygen atoms in total. The van der Waals surface area contributed by atoms with E-state index in [1.165, 1.54) is 6.92 Å². The molecule has 1 aromatic rings. The van der Waals surface area contributed by atoms with Crippen molar-refractivity contribution in [3.63, 3.8) is 0 Å². The van der Waals surface area contributed by atoms with Crippen molar-refractivity contribution >= 4 is 17.5 Å². The van der Waals surface area contributed by atoms with Crippen molar-refractivity contribution < 1.29 is 14.3 Å². The molecule has 0 aromatic heterocycles. The molecule has 1 fully saturated rings. The van der Waals surface area contributed by atoms with Crippen LogP contribution >= 0.6 is 0 Å². The number of piperazine rings is 1. The van der Waals surface area contributed by atoms with Crippen LogP contribution in [0.15, 0.2) is 24.3 Å². The third-order valence-corrected chi connectivity index (χ3v) is 3.42. The minimum atomic E-state index is -0.419. The molecule has 1 aliphatic heterocycles. The lowest BCUT2D eigenvalue weighted by molar-refractivity contribution is -0.139. The Morgan fingerprint density at radius 2 is 2.11 bits per heavy atom. The summed E-state index contributed by atoms with van der Waals surface area (Å²) < 4.78 is 5.16. The van der Waals surface area contributed by atoms with Gasteiger partial charge in [0.25, 0.3) is 0 Å². The van der Waals surface area contributed by atoms with Gasteiger partial charge in [-0.15, -0.1) is 0 Å². The molecule has 102 valence electrons. The minimum Gasteiger partial charge on any atom is -0.497 e. The van der Waals surface area contributed by atoms with Crippen molar-refractivity contribution in [2.75, 3.05) is 25.1 Å². The van der Waals surface area contributed by atoms with Crippen LogP contribution in [0.1, 0.15) is 13.8 Å². The predicted molar refractivity (Wildman–Crippen MR) is 72.2 cm³/mol. The van der Waals surface area contributed by atoms with Crippen molar-refractivity contribution in [2.24, 2.45) is 0 Å². The first-order valence-electron chi connectivity index (χ1n) is 6.27. The SMILES string of the molecule is COc1cccc(N2CCN(C(C)=O)C(C)C2=O)c1. The number of carbonyl (C=O) groups is 2. The Hall–Kier alpha value is -2.04. The molecule has 0 aliphatic carbocycles. The van der Waals surface area contributed by atoms with E-state index in [9.17, 15) is 9.59 Å². The lowest BCUT2D eigenvalue weighted by Gasteiger charge is -2.38. The van der Waals surface area contributed by atoms with Gasteiger partial charge < -0.3 is 14.5 Å². The van der Waals surface area contributed by atoms with Gasteiger partial charge in [-0.2, -0.15) is 0 Å². The number of rotatable bonds is 2. The highest BCUT2D eigenvalue weighted by molar-refractivity contribution is 6.00. The highest BCUT2D eigenvalue weighted by Crippen LogP contribution is 2.24. The summed E-state index contributed by atoms with van der Waals surface area (Å²) in [5, 5.41) is 0. The van der Waals surface area contributed by atoms with E-state index >= 15 is 0 Å². The molecular weight excluding hydrogens is 244 g/mol. The highest BCUT2D eigenvalue weighted by Gasteiger charge is 2.33. The molecule has 2 rings (SSSR count). The third-order valence-electron chi connectivity index (χ3n) is 3.42. The van der Waals surface area contributed by atoms with Crippen LogP contribution in [0.2, 0.25) is 0 Å². The molecule has 0 spiro atoms. The number of ether oxygens (including phenoxy) is 1. The number of methoxy groups -OCH3 is 1. The summed E-state index contributed by atoms with van der Waals surface area (Å²) in [7, 11) is 1.59. The molecule has 0 N–H and O–H groups in total. The fraction of sp³-hybridized carbons (Fsp3) is 0.429. The smallest absolute Gasteiger partial charge is 0.249 e. The average molecular weight is 262 g/mol. The number of hydrogen-bond acceptors (Lipinski definition) is 3. The Balaban J connectivity index is 2.23. The standard InChI is InChI=1S/C14H18N2O3/c1-10-14(18)16(8-7-15(10)11(2)17)12-5-4-6-13(9-12)19-3/h4-6,9-10H,7-8H2,1-3H3. The van der Waals surface area contributed by atoms with Gasteiger partial charge in [-0.3, -0.25) is 9.59 Å². The summed E-state index contributed by atoms with van der Waals surface area (Å²) in [6.07, 6.45) is 0. The van der Waals surface area contributed by atoms with Crippen LogP contribution in [-0.4, -0.2) is 43.0 Å². The topological polar surface area (TPSA) is 49.9 Å². The van der Waals surface area contributed by atoms with E-state index in [1.807, 2.05) is 24.3 Å². The average Bonchev–Trinajstić information content (AvgIpc) is 2.41. The lowest BCUT2D eigenvalue weighted by atomic mass is 10.1. The van der Waals surface area contributed by atoms with E-state index in [4.69, 9.17) is 4.74 Å². The van der Waals surface area contributed by atoms with Crippen molar-refractivity contribution in [1.82, 2.24) is 4.90 Å². The summed E-state index contributed by atoms with van der Waals surface area (Å²) >= 11 is 0. The normalized spacial score (nSPS) is 19.5. The zero-order chi connectivity index (χ0) is 14.0. The van der Waals surface area contributed by atoms with E-state index in [1.54, 1.807) is 23.8 Å². The molecule has 1 unspecified atom stereocenters. The Kier molecular flexibility index (Phi) is 3.74. The monoisotopic (exact) mass is 262 g/mol. The van der Waals surface area contributed by atoms with Gasteiger partial charge in [-0.05, 0) is 19.1 Å². The molecule has 1 aliphatic rings. The Labute approximate surface area is 112 Å². The molecule has 19 heavy (non-hydrogen) atoms. The van der Waals surface area contributed by atoms with Gasteiger partial charge >= 0.3 is 0 Å². The predicted octanol–water partition coefficient (Wildman–Crippen LogP) is 1.28. The van der Waals surface area contributed by atoms with Gasteiger partial charge in [0.05, 0.1) is 7.11 Å². The molecule has 1 saturated heterocycles. The maximum Gasteiger partial charge on any atom is 0.249 e. The second-order valence-corrected chi connectivity index (χ2v) is 4.58. The maximum absolute atomic E-state index is 12.3. The summed E-state index contributed by atoms with van der Waals surface area (Å²) in [5.41, 5.74) is 0.805. The molecule has 2 amide bonds. The van der Waals surface area contributed by atoms with Gasteiger partial charge in [-0.1, -0.05) is 6.07 Å². The highest BCUT2D eigenvalue weighted by atomic mass is 16.5. The van der Waals surface area contributed by atoms with E-state index in [0.29, 0.717) is 18.8 Å². The number of anilines is 1. The van der Waals surface area contributed by atoms with Gasteiger partial charge in [0.15, 0.2) is 0 Å². The number of nitrogens with zero attached hydrogens (tertiary/aromatic N) is 2. The van der Waals surface area contributed by atoms with E-state index in [-0.39, 0.29) is 11.8 Å². The largest absolute Gasteiger partial charge is 0.497 e. The van der Waals surface area contributed by atoms with Crippen LogP contribution < -0.4 is 9.64 Å². The molecule has 0 bridgehead atoms. The van der Waals surface area contributed by atoms with Gasteiger partial charge in [0.1, 0.15) is 11.8 Å². The Morgan fingerprint density at radius 3 is 2.74 bits per heavy atom. The van der Waals surface area contributed by atoms with E-state index < -0.39 is 6.04 Å². The molecule has 5 heteroatoms. The number of hydrogen-bond donors (Lipinski definition) is 0. The zero-order valence-electron chi connectivity index (χ0n) is 11.4. The summed E-state index contributed by atoms with van der Waals surface area (Å²) in [4.78, 5) is 27.1. The lowest BCUT2D eigenvalue weighted by Crippen LogP contribution is -2.57. The second-order valence-electron chi connectivity index (χ2n) is 4.58. The molecule has 1 atom stereocenters. The van der Waals surface area contributed by atoms with E-state index in [0.717, 1.165) is 5.69 Å². The van der Waals surface area contributed by atoms with Crippen LogP contribution in [0.4, 0.5) is 5.69 Å². The van der Waals surface area contributed by atoms with Crippen LogP contribution in [0.25, 0.3) is 0 Å². The van der Waals surface area contributed by atoms with Crippen molar-refractivity contribution in [3.8, 4) is 5.75 Å². The maximum atomic E-state index is 12.3. The van der Waals surface area contributed by atoms with Gasteiger partial charge in [-0.25, -0.2) is 0 Å². The van der Waals surface area contributed by atoms with Crippen molar-refractivity contribution in [3.05, 3.63) is 24.3 Å². The van der Waals surface area contributed by atoms with Crippen LogP contribution in [0.5, 0.6) is 5.75 Å².